The normalized spacial score (nSPS) is 11.0. The Kier molecular flexibility index (Phi) is 12.2. The first-order valence-electron chi connectivity index (χ1n) is 12.6. The second-order valence-electron chi connectivity index (χ2n) is 8.74. The number of carbonyl (C=O) groups excluding carboxylic acids is 3. The van der Waals surface area contributed by atoms with Gasteiger partial charge in [-0.3, -0.25) is 14.4 Å². The second-order valence-corrected chi connectivity index (χ2v) is 11.2. The van der Waals surface area contributed by atoms with Crippen LogP contribution in [-0.2, 0) is 34.1 Å². The van der Waals surface area contributed by atoms with Gasteiger partial charge >= 0.3 is 8.80 Å². The first-order valence-corrected chi connectivity index (χ1v) is 14.6. The molecule has 0 aromatic heterocycles. The highest BCUT2D eigenvalue weighted by Gasteiger charge is 2.51. The maximum Gasteiger partial charge on any atom is 0.705 e. The number of hydrogen-bond donors (Lipinski definition) is 0. The maximum absolute atomic E-state index is 11.7. The molecule has 2 aromatic carbocycles. The molecule has 0 amide bonds. The van der Waals surface area contributed by atoms with Crippen molar-refractivity contribution in [3.63, 3.8) is 0 Å². The molecular weight excluding hydrogens is 476 g/mol. The van der Waals surface area contributed by atoms with Gasteiger partial charge < -0.3 is 18.0 Å². The molecule has 7 nitrogen and oxygen atoms in total. The molecule has 8 heteroatoms. The van der Waals surface area contributed by atoms with Crippen LogP contribution in [0.25, 0.3) is 11.1 Å². The summed E-state index contributed by atoms with van der Waals surface area (Å²) in [5.74, 6) is -1.21. The van der Waals surface area contributed by atoms with Crippen molar-refractivity contribution in [1.82, 2.24) is 0 Å². The lowest BCUT2D eigenvalue weighted by Crippen LogP contribution is -2.49. The number of hydrogen-bond acceptors (Lipinski definition) is 7. The molecule has 0 unspecified atom stereocenters. The van der Waals surface area contributed by atoms with Gasteiger partial charge in [-0.05, 0) is 30.4 Å². The highest BCUT2D eigenvalue weighted by molar-refractivity contribution is 6.65. The summed E-state index contributed by atoms with van der Waals surface area (Å²) in [6, 6.07) is 16.3. The molecule has 2 rings (SSSR count). The van der Waals surface area contributed by atoms with E-state index in [2.05, 4.69) is 19.1 Å². The summed E-state index contributed by atoms with van der Waals surface area (Å²) in [4.78, 5) is 35.1. The third kappa shape index (κ3) is 9.85. The number of rotatable bonds is 15. The van der Waals surface area contributed by atoms with Gasteiger partial charge in [0, 0.05) is 26.3 Å². The Morgan fingerprint density at radius 3 is 1.92 bits per heavy atom. The topological polar surface area (TPSA) is 88.1 Å². The Labute approximate surface area is 215 Å². The molecule has 36 heavy (non-hydrogen) atoms. The molecule has 0 saturated carbocycles. The molecule has 0 spiro atoms. The molecular formula is C28H38O7Si. The lowest BCUT2D eigenvalue weighted by Gasteiger charge is -2.26. The quantitative estimate of drug-likeness (QED) is 0.205. The summed E-state index contributed by atoms with van der Waals surface area (Å²) in [7, 11) is -3.88. The average molecular weight is 515 g/mol. The van der Waals surface area contributed by atoms with Crippen molar-refractivity contribution < 1.29 is 32.4 Å². The Bertz CT molecular complexity index is 950. The van der Waals surface area contributed by atoms with E-state index < -0.39 is 26.7 Å². The second kappa shape index (κ2) is 15.1. The largest absolute Gasteiger partial charge is 0.705 e. The molecule has 0 radical (unpaired) electrons. The molecule has 196 valence electrons. The molecule has 0 saturated heterocycles. The van der Waals surface area contributed by atoms with Gasteiger partial charge in [0.15, 0.2) is 0 Å². The molecule has 0 aliphatic heterocycles. The van der Waals surface area contributed by atoms with Crippen LogP contribution in [0.2, 0.25) is 6.04 Å². The molecule has 0 atom stereocenters. The Hall–Kier alpha value is -3.13. The van der Waals surface area contributed by atoms with E-state index >= 15 is 0 Å². The van der Waals surface area contributed by atoms with Gasteiger partial charge in [0.1, 0.15) is 5.75 Å². The molecule has 0 aliphatic rings. The maximum atomic E-state index is 11.7. The Morgan fingerprint density at radius 2 is 1.33 bits per heavy atom. The fraction of sp³-hybridized carbons (Fsp3) is 0.464. The van der Waals surface area contributed by atoms with Crippen molar-refractivity contribution in [2.24, 2.45) is 0 Å². The van der Waals surface area contributed by atoms with Crippen molar-refractivity contribution in [2.45, 2.75) is 78.7 Å². The van der Waals surface area contributed by atoms with E-state index in [0.717, 1.165) is 35.3 Å². The van der Waals surface area contributed by atoms with Gasteiger partial charge in [0.25, 0.3) is 17.9 Å². The van der Waals surface area contributed by atoms with Gasteiger partial charge in [-0.2, -0.15) is 0 Å². The van der Waals surface area contributed by atoms with Crippen LogP contribution in [-0.4, -0.2) is 33.3 Å². The molecule has 0 bridgehead atoms. The van der Waals surface area contributed by atoms with Crippen LogP contribution >= 0.6 is 0 Å². The van der Waals surface area contributed by atoms with Gasteiger partial charge in [0.05, 0.1) is 12.7 Å². The van der Waals surface area contributed by atoms with E-state index in [-0.39, 0.29) is 12.7 Å². The summed E-state index contributed by atoms with van der Waals surface area (Å²) in [5.41, 5.74) is 3.20. The zero-order chi connectivity index (χ0) is 26.4. The van der Waals surface area contributed by atoms with Gasteiger partial charge in [0.2, 0.25) is 0 Å². The standard InChI is InChI=1S/C28H38O7Si/c1-5-6-7-8-10-17-26-18-13-19-27(25-15-11-9-12-16-25)28(26)32-20-14-21-36(33-22(2)29,34-23(3)30)35-24(4)31/h9,11-13,15-16,18-19H,5-8,10,14,17,20-21H2,1-4H3. The highest BCUT2D eigenvalue weighted by Crippen LogP contribution is 2.34. The first-order chi connectivity index (χ1) is 17.3. The number of aryl methyl sites for hydroxylation is 1. The number of unbranched alkanes of at least 4 members (excludes halogenated alkanes) is 4. The summed E-state index contributed by atoms with van der Waals surface area (Å²) in [6.07, 6.45) is 7.19. The van der Waals surface area contributed by atoms with Crippen LogP contribution in [0.4, 0.5) is 0 Å². The number of carbonyl (C=O) groups is 3. The zero-order valence-electron chi connectivity index (χ0n) is 21.8. The van der Waals surface area contributed by atoms with Crippen molar-refractivity contribution in [3.05, 3.63) is 54.1 Å². The molecule has 0 N–H and O–H groups in total. The van der Waals surface area contributed by atoms with E-state index in [1.54, 1.807) is 0 Å². The smallest absolute Gasteiger partial charge is 0.493 e. The van der Waals surface area contributed by atoms with E-state index in [1.165, 1.54) is 46.5 Å². The van der Waals surface area contributed by atoms with Gasteiger partial charge in [-0.25, -0.2) is 0 Å². The molecule has 0 heterocycles. The monoisotopic (exact) mass is 514 g/mol. The van der Waals surface area contributed by atoms with Crippen LogP contribution in [0.15, 0.2) is 48.5 Å². The Balaban J connectivity index is 2.19. The van der Waals surface area contributed by atoms with Crippen molar-refractivity contribution in [2.75, 3.05) is 6.61 Å². The highest BCUT2D eigenvalue weighted by atomic mass is 28.4. The van der Waals surface area contributed by atoms with Crippen molar-refractivity contribution in [1.29, 1.82) is 0 Å². The zero-order valence-corrected chi connectivity index (χ0v) is 22.8. The third-order valence-electron chi connectivity index (χ3n) is 5.50. The van der Waals surface area contributed by atoms with E-state index in [4.69, 9.17) is 18.0 Å². The summed E-state index contributed by atoms with van der Waals surface area (Å²) >= 11 is 0. The predicted octanol–water partition coefficient (Wildman–Crippen LogP) is 6.26. The minimum atomic E-state index is -3.88. The molecule has 2 aromatic rings. The lowest BCUT2D eigenvalue weighted by molar-refractivity contribution is -0.147. The Morgan fingerprint density at radius 1 is 0.722 bits per heavy atom. The van der Waals surface area contributed by atoms with Crippen LogP contribution in [0.1, 0.15) is 71.8 Å². The fourth-order valence-corrected chi connectivity index (χ4v) is 6.37. The third-order valence-corrected chi connectivity index (χ3v) is 8.26. The number of benzene rings is 2. The van der Waals surface area contributed by atoms with Crippen LogP contribution in [0, 0.1) is 0 Å². The van der Waals surface area contributed by atoms with Crippen molar-refractivity contribution >= 4 is 26.7 Å². The minimum Gasteiger partial charge on any atom is -0.493 e. The average Bonchev–Trinajstić information content (AvgIpc) is 2.81. The fourth-order valence-electron chi connectivity index (χ4n) is 4.05. The minimum absolute atomic E-state index is 0.0750. The van der Waals surface area contributed by atoms with Crippen molar-refractivity contribution in [3.8, 4) is 16.9 Å². The van der Waals surface area contributed by atoms with E-state index in [0.29, 0.717) is 6.42 Å². The van der Waals surface area contributed by atoms with E-state index in [1.807, 2.05) is 36.4 Å². The van der Waals surface area contributed by atoms with Gasteiger partial charge in [-0.1, -0.05) is 81.1 Å². The SMILES string of the molecule is CCCCCCCc1cccc(-c2ccccc2)c1OCCC[Si](OC(C)=O)(OC(C)=O)OC(C)=O. The van der Waals surface area contributed by atoms with Gasteiger partial charge in [-0.15, -0.1) is 0 Å². The molecule has 0 aliphatic carbocycles. The summed E-state index contributed by atoms with van der Waals surface area (Å²) in [6.45, 7) is 6.04. The number of ether oxygens (including phenoxy) is 1. The summed E-state index contributed by atoms with van der Waals surface area (Å²) < 4.78 is 22.1. The first kappa shape index (κ1) is 29.1. The van der Waals surface area contributed by atoms with Crippen LogP contribution in [0.5, 0.6) is 5.75 Å². The molecule has 0 fully saturated rings. The summed E-state index contributed by atoms with van der Waals surface area (Å²) in [5, 5.41) is 0. The van der Waals surface area contributed by atoms with Crippen LogP contribution in [0.3, 0.4) is 0 Å². The van der Waals surface area contributed by atoms with Crippen LogP contribution < -0.4 is 4.74 Å². The lowest BCUT2D eigenvalue weighted by atomic mass is 9.98. The van der Waals surface area contributed by atoms with E-state index in [9.17, 15) is 14.4 Å². The number of para-hydroxylation sites is 1. The predicted molar refractivity (Wildman–Crippen MR) is 140 cm³/mol.